The van der Waals surface area contributed by atoms with Crippen LogP contribution in [-0.4, -0.2) is 73.7 Å². The minimum atomic E-state index is -1.42. The van der Waals surface area contributed by atoms with Crippen molar-refractivity contribution in [2.45, 2.75) is 77.9 Å². The smallest absolute Gasteiger partial charge is 0.407 e. The Kier molecular flexibility index (Phi) is 15.0. The van der Waals surface area contributed by atoms with Crippen molar-refractivity contribution in [3.05, 3.63) is 35.9 Å². The first-order valence-corrected chi connectivity index (χ1v) is 13.6. The normalized spacial score (nSPS) is 14.7. The van der Waals surface area contributed by atoms with Gasteiger partial charge in [0.1, 0.15) is 18.1 Å². The molecule has 14 heteroatoms. The van der Waals surface area contributed by atoms with Crippen molar-refractivity contribution in [2.24, 2.45) is 5.41 Å². The Balaban J connectivity index is 0.000000414. The van der Waals surface area contributed by atoms with E-state index in [0.717, 1.165) is 23.3 Å². The first kappa shape index (κ1) is 35.0. The number of alkyl carbamates (subject to hydrolysis) is 1. The zero-order valence-corrected chi connectivity index (χ0v) is 23.9. The van der Waals surface area contributed by atoms with E-state index in [2.05, 4.69) is 10.6 Å². The van der Waals surface area contributed by atoms with Crippen LogP contribution in [-0.2, 0) is 35.3 Å². The van der Waals surface area contributed by atoms with Gasteiger partial charge in [0, 0.05) is 19.4 Å². The molecule has 0 aliphatic carbocycles. The fourth-order valence-corrected chi connectivity index (χ4v) is 4.32. The summed E-state index contributed by atoms with van der Waals surface area (Å²) in [5.41, 5.74) is -0.432. The molecule has 41 heavy (non-hydrogen) atoms. The number of aliphatic carboxylic acids is 3. The lowest BCUT2D eigenvalue weighted by Gasteiger charge is -2.42. The number of thiocarbonyl (C=S) groups is 1. The van der Waals surface area contributed by atoms with Gasteiger partial charge >= 0.3 is 24.0 Å². The Morgan fingerprint density at radius 3 is 2.12 bits per heavy atom. The van der Waals surface area contributed by atoms with Crippen molar-refractivity contribution in [1.29, 1.82) is 0 Å². The summed E-state index contributed by atoms with van der Waals surface area (Å²) in [7, 11) is 0. The van der Waals surface area contributed by atoms with Crippen LogP contribution < -0.4 is 10.6 Å². The number of ether oxygens (including phenoxy) is 1. The first-order chi connectivity index (χ1) is 19.4. The molecule has 0 spiro atoms. The van der Waals surface area contributed by atoms with Crippen molar-refractivity contribution in [3.8, 4) is 0 Å². The molecule has 1 aliphatic heterocycles. The number of amides is 3. The van der Waals surface area contributed by atoms with E-state index in [-0.39, 0.29) is 37.4 Å². The van der Waals surface area contributed by atoms with Crippen LogP contribution in [0.5, 0.6) is 0 Å². The van der Waals surface area contributed by atoms with Crippen LogP contribution in [0.3, 0.4) is 0 Å². The second-order valence-electron chi connectivity index (χ2n) is 9.20. The molecular formula is C27H37N3O10S. The summed E-state index contributed by atoms with van der Waals surface area (Å²) in [5, 5.41) is 31.1. The maximum atomic E-state index is 12.7. The number of nitrogens with one attached hydrogen (secondary N) is 2. The third-order valence-corrected chi connectivity index (χ3v) is 6.79. The van der Waals surface area contributed by atoms with Crippen LogP contribution in [0, 0.1) is 5.41 Å². The molecule has 1 atom stereocenters. The van der Waals surface area contributed by atoms with Crippen LogP contribution in [0.15, 0.2) is 30.3 Å². The molecule has 0 radical (unpaired) electrons. The fourth-order valence-electron chi connectivity index (χ4n) is 4.02. The first-order valence-electron chi connectivity index (χ1n) is 13.2. The number of carboxylic acid groups (broad SMARTS) is 3. The molecule has 5 N–H and O–H groups in total. The number of rotatable bonds is 15. The highest BCUT2D eigenvalue weighted by atomic mass is 32.1. The largest absolute Gasteiger partial charge is 0.481 e. The highest BCUT2D eigenvalue weighted by Gasteiger charge is 2.52. The SMILES string of the molecule is CCC1(CC)C(=O)NC(=S)N(C(CCC(=O)O)C(=O)O)C1=O.O=C(O)CCCCCNC(=O)OCc1ccccc1. The van der Waals surface area contributed by atoms with E-state index in [0.29, 0.717) is 13.0 Å². The molecule has 0 aromatic heterocycles. The Morgan fingerprint density at radius 2 is 1.59 bits per heavy atom. The number of carbonyl (C=O) groups excluding carboxylic acids is 3. The summed E-state index contributed by atoms with van der Waals surface area (Å²) in [6.45, 7) is 4.07. The third kappa shape index (κ3) is 11.1. The number of hydrogen-bond acceptors (Lipinski definition) is 8. The van der Waals surface area contributed by atoms with E-state index in [1.54, 1.807) is 13.8 Å². The topological polar surface area (TPSA) is 200 Å². The molecule has 3 amide bonds. The van der Waals surface area contributed by atoms with Gasteiger partial charge in [-0.05, 0) is 49.9 Å². The molecule has 13 nitrogen and oxygen atoms in total. The monoisotopic (exact) mass is 595 g/mol. The Bertz CT molecular complexity index is 1090. The van der Waals surface area contributed by atoms with E-state index in [4.69, 9.17) is 27.2 Å². The maximum absolute atomic E-state index is 12.7. The lowest BCUT2D eigenvalue weighted by atomic mass is 9.78. The van der Waals surface area contributed by atoms with Gasteiger partial charge in [-0.25, -0.2) is 9.59 Å². The molecule has 1 fully saturated rings. The molecular weight excluding hydrogens is 558 g/mol. The number of carbonyl (C=O) groups is 6. The summed E-state index contributed by atoms with van der Waals surface area (Å²) in [6, 6.07) is 8.03. The van der Waals surface area contributed by atoms with Gasteiger partial charge < -0.3 is 30.7 Å². The molecule has 1 aromatic carbocycles. The fraction of sp³-hybridized carbons (Fsp3) is 0.519. The van der Waals surface area contributed by atoms with Gasteiger partial charge in [0.15, 0.2) is 5.11 Å². The predicted octanol–water partition coefficient (Wildman–Crippen LogP) is 2.91. The summed E-state index contributed by atoms with van der Waals surface area (Å²) in [5.74, 6) is -4.57. The van der Waals surface area contributed by atoms with Gasteiger partial charge in [-0.3, -0.25) is 24.1 Å². The van der Waals surface area contributed by atoms with Gasteiger partial charge in [-0.1, -0.05) is 50.6 Å². The maximum Gasteiger partial charge on any atom is 0.407 e. The second-order valence-corrected chi connectivity index (χ2v) is 9.59. The number of benzene rings is 1. The van der Waals surface area contributed by atoms with Gasteiger partial charge in [0.25, 0.3) is 0 Å². The quantitative estimate of drug-likeness (QED) is 0.113. The standard InChI is InChI=1S/C14H19NO4.C13H18N2O6S/c16-13(17)9-5-2-6-10-15-14(18)19-11-12-7-3-1-4-8-12;1-3-13(4-2)10(20)14-12(22)15(11(13)21)7(9(18)19)5-6-8(16)17/h1,3-4,7-8H,2,5-6,9-11H2,(H,15,18)(H,16,17);7H,3-6H2,1-2H3,(H,16,17)(H,18,19)(H,14,20,22). The Morgan fingerprint density at radius 1 is 0.976 bits per heavy atom. The molecule has 1 aromatic rings. The molecule has 0 saturated carbocycles. The molecule has 226 valence electrons. The zero-order valence-electron chi connectivity index (χ0n) is 23.1. The molecule has 0 bridgehead atoms. The van der Waals surface area contributed by atoms with Gasteiger partial charge in [0.2, 0.25) is 11.8 Å². The predicted molar refractivity (Wildman–Crippen MR) is 150 cm³/mol. The van der Waals surface area contributed by atoms with Crippen molar-refractivity contribution in [2.75, 3.05) is 6.54 Å². The number of nitrogens with zero attached hydrogens (tertiary/aromatic N) is 1. The van der Waals surface area contributed by atoms with Crippen LogP contribution in [0.2, 0.25) is 0 Å². The highest BCUT2D eigenvalue weighted by molar-refractivity contribution is 7.80. The average molecular weight is 596 g/mol. The molecule has 1 heterocycles. The summed E-state index contributed by atoms with van der Waals surface area (Å²) in [6.07, 6.45) is 1.57. The van der Waals surface area contributed by atoms with Crippen LogP contribution in [0.25, 0.3) is 0 Å². The van der Waals surface area contributed by atoms with E-state index in [1.807, 2.05) is 30.3 Å². The van der Waals surface area contributed by atoms with E-state index < -0.39 is 53.7 Å². The second kappa shape index (κ2) is 17.6. The zero-order chi connectivity index (χ0) is 31.0. The van der Waals surface area contributed by atoms with Crippen LogP contribution in [0.1, 0.15) is 70.8 Å². The number of hydrogen-bond donors (Lipinski definition) is 5. The summed E-state index contributed by atoms with van der Waals surface area (Å²) >= 11 is 4.92. The number of unbranched alkanes of at least 4 members (excludes halogenated alkanes) is 2. The van der Waals surface area contributed by atoms with Gasteiger partial charge in [-0.15, -0.1) is 0 Å². The Hall–Kier alpha value is -4.07. The summed E-state index contributed by atoms with van der Waals surface area (Å²) in [4.78, 5) is 69.3. The lowest BCUT2D eigenvalue weighted by molar-refractivity contribution is -0.158. The molecule has 1 saturated heterocycles. The third-order valence-electron chi connectivity index (χ3n) is 6.49. The van der Waals surface area contributed by atoms with Crippen LogP contribution >= 0.6 is 12.2 Å². The van der Waals surface area contributed by atoms with Crippen LogP contribution in [0.4, 0.5) is 4.79 Å². The van der Waals surface area contributed by atoms with Crippen molar-refractivity contribution >= 4 is 53.1 Å². The minimum absolute atomic E-state index is 0.179. The van der Waals surface area contributed by atoms with E-state index >= 15 is 0 Å². The molecule has 2 rings (SSSR count). The van der Waals surface area contributed by atoms with Gasteiger partial charge in [0.05, 0.1) is 0 Å². The van der Waals surface area contributed by atoms with E-state index in [9.17, 15) is 33.9 Å². The van der Waals surface area contributed by atoms with Crippen molar-refractivity contribution in [1.82, 2.24) is 15.5 Å². The lowest BCUT2D eigenvalue weighted by Crippen LogP contribution is -2.66. The minimum Gasteiger partial charge on any atom is -0.481 e. The molecule has 1 unspecified atom stereocenters. The van der Waals surface area contributed by atoms with Crippen molar-refractivity contribution in [3.63, 3.8) is 0 Å². The molecule has 1 aliphatic rings. The average Bonchev–Trinajstić information content (AvgIpc) is 2.92. The van der Waals surface area contributed by atoms with Gasteiger partial charge in [-0.2, -0.15) is 0 Å². The Labute approximate surface area is 243 Å². The van der Waals surface area contributed by atoms with E-state index in [1.165, 1.54) is 0 Å². The highest BCUT2D eigenvalue weighted by Crippen LogP contribution is 2.34. The number of carboxylic acids is 3. The van der Waals surface area contributed by atoms with Crippen molar-refractivity contribution < 1.29 is 48.8 Å². The summed E-state index contributed by atoms with van der Waals surface area (Å²) < 4.78 is 5.03.